The van der Waals surface area contributed by atoms with Crippen LogP contribution in [-0.4, -0.2) is 42.2 Å². The minimum Gasteiger partial charge on any atom is -0.475 e. The number of ketones is 1. The molecule has 0 aliphatic carbocycles. The summed E-state index contributed by atoms with van der Waals surface area (Å²) in [5, 5.41) is 15.0. The van der Waals surface area contributed by atoms with Crippen LogP contribution in [0.25, 0.3) is 21.5 Å². The number of hydrogen-bond acceptors (Lipinski definition) is 5. The molecule has 0 aromatic heterocycles. The van der Waals surface area contributed by atoms with E-state index in [0.29, 0.717) is 30.1 Å². The summed E-state index contributed by atoms with van der Waals surface area (Å²) in [4.78, 5) is 22.0. The number of Topliss-reactive ketones (excluding diaryl/α,β-unsaturated/α-hetero) is 1. The number of nitrogens with one attached hydrogen (secondary N) is 1. The molecule has 0 aliphatic rings. The van der Waals surface area contributed by atoms with Gasteiger partial charge in [0.2, 0.25) is 0 Å². The Labute approximate surface area is 206 Å². The zero-order chi connectivity index (χ0) is 26.2. The highest BCUT2D eigenvalue weighted by atomic mass is 35.5. The molecule has 0 spiro atoms. The van der Waals surface area contributed by atoms with E-state index in [9.17, 15) is 18.0 Å². The predicted molar refractivity (Wildman–Crippen MR) is 133 cm³/mol. The largest absolute Gasteiger partial charge is 0.490 e. The van der Waals surface area contributed by atoms with Crippen LogP contribution in [-0.2, 0) is 11.3 Å². The van der Waals surface area contributed by atoms with Crippen LogP contribution >= 0.6 is 11.6 Å². The van der Waals surface area contributed by atoms with E-state index in [1.54, 1.807) is 0 Å². The number of alkyl halides is 3. The van der Waals surface area contributed by atoms with E-state index in [1.807, 2.05) is 36.4 Å². The fourth-order valence-electron chi connectivity index (χ4n) is 3.74. The Kier molecular flexibility index (Phi) is 10.5. The fourth-order valence-corrected chi connectivity index (χ4v) is 4.11. The van der Waals surface area contributed by atoms with Crippen molar-refractivity contribution in [1.82, 2.24) is 5.32 Å². The molecule has 0 radical (unpaired) electrons. The smallest absolute Gasteiger partial charge is 0.475 e. The first-order chi connectivity index (χ1) is 16.5. The van der Waals surface area contributed by atoms with E-state index < -0.39 is 18.2 Å². The van der Waals surface area contributed by atoms with Crippen LogP contribution in [0.5, 0.6) is 0 Å². The zero-order valence-corrected chi connectivity index (χ0v) is 20.0. The summed E-state index contributed by atoms with van der Waals surface area (Å²) in [5.41, 5.74) is 13.5. The number of carbonyl (C=O) groups excluding carboxylic acids is 1. The number of benzene rings is 3. The number of nitrogens with two attached hydrogens (primary N) is 2. The highest BCUT2D eigenvalue weighted by Gasteiger charge is 2.38. The summed E-state index contributed by atoms with van der Waals surface area (Å²) < 4.78 is 31.7. The van der Waals surface area contributed by atoms with Crippen molar-refractivity contribution in [2.24, 2.45) is 11.5 Å². The van der Waals surface area contributed by atoms with E-state index in [1.165, 1.54) is 0 Å². The van der Waals surface area contributed by atoms with E-state index in [2.05, 4.69) is 18.3 Å². The second-order valence-corrected chi connectivity index (χ2v) is 8.28. The molecule has 0 bridgehead atoms. The molecule has 0 fully saturated rings. The lowest BCUT2D eigenvalue weighted by atomic mass is 9.90. The molecule has 1 atom stereocenters. The van der Waals surface area contributed by atoms with Gasteiger partial charge >= 0.3 is 12.1 Å². The van der Waals surface area contributed by atoms with Crippen molar-refractivity contribution in [2.75, 3.05) is 13.1 Å². The van der Waals surface area contributed by atoms with Crippen molar-refractivity contribution >= 4 is 44.9 Å². The molecule has 3 aromatic rings. The Morgan fingerprint density at radius 3 is 2.23 bits per heavy atom. The highest BCUT2D eigenvalue weighted by molar-refractivity contribution is 6.42. The summed E-state index contributed by atoms with van der Waals surface area (Å²) in [6.45, 7) is 4.27. The molecule has 0 saturated carbocycles. The van der Waals surface area contributed by atoms with Gasteiger partial charge in [0.15, 0.2) is 5.78 Å². The molecule has 6 N–H and O–H groups in total. The maximum Gasteiger partial charge on any atom is 0.490 e. The number of aliphatic carboxylic acids is 1. The Balaban J connectivity index is 0.000000540. The number of fused-ring (bicyclic) bond motifs is 2. The molecule has 35 heavy (non-hydrogen) atoms. The van der Waals surface area contributed by atoms with Crippen molar-refractivity contribution in [1.29, 1.82) is 0 Å². The summed E-state index contributed by atoms with van der Waals surface area (Å²) in [7, 11) is 0. The van der Waals surface area contributed by atoms with Crippen LogP contribution in [0.3, 0.4) is 0 Å². The van der Waals surface area contributed by atoms with E-state index in [-0.39, 0.29) is 5.78 Å². The number of halogens is 4. The van der Waals surface area contributed by atoms with Crippen molar-refractivity contribution < 1.29 is 27.9 Å². The monoisotopic (exact) mass is 511 g/mol. The second-order valence-electron chi connectivity index (χ2n) is 7.90. The van der Waals surface area contributed by atoms with Gasteiger partial charge in [-0.2, -0.15) is 13.2 Å². The van der Waals surface area contributed by atoms with E-state index >= 15 is 0 Å². The zero-order valence-electron chi connectivity index (χ0n) is 19.3. The molecular weight excluding hydrogens is 483 g/mol. The summed E-state index contributed by atoms with van der Waals surface area (Å²) in [6.07, 6.45) is -2.74. The molecule has 0 aliphatic heterocycles. The van der Waals surface area contributed by atoms with Crippen molar-refractivity contribution in [3.05, 3.63) is 58.6 Å². The quantitative estimate of drug-likeness (QED) is 0.182. The molecule has 0 amide bonds. The van der Waals surface area contributed by atoms with Gasteiger partial charge in [0.1, 0.15) is 0 Å². The molecule has 190 valence electrons. The average Bonchev–Trinajstić information content (AvgIpc) is 2.83. The van der Waals surface area contributed by atoms with Gasteiger partial charge in [-0.25, -0.2) is 4.79 Å². The molecule has 0 heterocycles. The molecule has 6 nitrogen and oxygen atoms in total. The molecule has 0 unspecified atom stereocenters. The molecule has 3 rings (SSSR count). The van der Waals surface area contributed by atoms with Gasteiger partial charge < -0.3 is 21.9 Å². The molecule has 0 saturated heterocycles. The van der Waals surface area contributed by atoms with Gasteiger partial charge in [-0.1, -0.05) is 67.4 Å². The number of carboxylic acid groups (broad SMARTS) is 1. The normalized spacial score (nSPS) is 12.3. The predicted octanol–water partition coefficient (Wildman–Crippen LogP) is 5.03. The van der Waals surface area contributed by atoms with Gasteiger partial charge in [0.25, 0.3) is 0 Å². The first-order valence-corrected chi connectivity index (χ1v) is 11.5. The third-order valence-corrected chi connectivity index (χ3v) is 5.86. The van der Waals surface area contributed by atoms with Crippen LogP contribution in [0, 0.1) is 0 Å². The van der Waals surface area contributed by atoms with Crippen LogP contribution in [0.15, 0.2) is 42.5 Å². The highest BCUT2D eigenvalue weighted by Crippen LogP contribution is 2.38. The van der Waals surface area contributed by atoms with Crippen molar-refractivity contribution in [2.45, 2.75) is 44.9 Å². The second kappa shape index (κ2) is 12.8. The Morgan fingerprint density at radius 2 is 1.66 bits per heavy atom. The third-order valence-electron chi connectivity index (χ3n) is 5.46. The van der Waals surface area contributed by atoms with Gasteiger partial charge in [0, 0.05) is 22.9 Å². The van der Waals surface area contributed by atoms with Gasteiger partial charge in [-0.05, 0) is 42.3 Å². The Bertz CT molecular complexity index is 1190. The summed E-state index contributed by atoms with van der Waals surface area (Å²) in [6, 6.07) is 13.3. The number of rotatable bonds is 9. The number of carboxylic acids is 1. The number of hydrogen-bond donors (Lipinski definition) is 4. The van der Waals surface area contributed by atoms with Crippen LogP contribution in [0.1, 0.15) is 42.1 Å². The number of unbranched alkanes of at least 4 members (excludes halogenated alkanes) is 1. The van der Waals surface area contributed by atoms with Crippen molar-refractivity contribution in [3.63, 3.8) is 0 Å². The van der Waals surface area contributed by atoms with Crippen LogP contribution < -0.4 is 16.8 Å². The Morgan fingerprint density at radius 1 is 1.06 bits per heavy atom. The topological polar surface area (TPSA) is 118 Å². The van der Waals surface area contributed by atoms with Crippen molar-refractivity contribution in [3.8, 4) is 0 Å². The first kappa shape index (κ1) is 28.5. The summed E-state index contributed by atoms with van der Waals surface area (Å²) in [5.74, 6) is -2.82. The lowest BCUT2D eigenvalue weighted by molar-refractivity contribution is -0.192. The molecule has 3 aromatic carbocycles. The van der Waals surface area contributed by atoms with Crippen LogP contribution in [0.2, 0.25) is 5.02 Å². The van der Waals surface area contributed by atoms with E-state index in [0.717, 1.165) is 46.5 Å². The minimum atomic E-state index is -5.08. The Hall–Kier alpha value is -2.72. The standard InChI is InChI=1S/C23H28ClN3O.C2HF3O2/c1-2-27-14-19-15-8-3-4-9-17(15)22(24)21-16(19)10-7-11-18(21)23(28)20(26)12-5-6-13-25;3-2(4,5)1(6)7/h3-4,7-11,20,27H,2,5-6,12-14,25-26H2,1H3;(H,6,7)/t20-;/m0./s1. The lowest BCUT2D eigenvalue weighted by Crippen LogP contribution is -2.30. The van der Waals surface area contributed by atoms with Crippen LogP contribution in [0.4, 0.5) is 13.2 Å². The van der Waals surface area contributed by atoms with E-state index in [4.69, 9.17) is 33.0 Å². The maximum absolute atomic E-state index is 13.1. The molecule has 10 heteroatoms. The number of carbonyl (C=O) groups is 2. The summed E-state index contributed by atoms with van der Waals surface area (Å²) >= 11 is 6.83. The lowest BCUT2D eigenvalue weighted by Gasteiger charge is -2.18. The first-order valence-electron chi connectivity index (χ1n) is 11.2. The van der Waals surface area contributed by atoms with Gasteiger partial charge in [-0.15, -0.1) is 0 Å². The SMILES string of the molecule is CCNCc1c2ccccc2c(Cl)c2c(C(=O)[C@@H](N)CCCCN)cccc12.O=C(O)C(F)(F)F. The third kappa shape index (κ3) is 7.14. The minimum absolute atomic E-state index is 0.0609. The molecular formula is C25H29ClF3N3O3. The maximum atomic E-state index is 13.1. The fraction of sp³-hybridized carbons (Fsp3) is 0.360. The van der Waals surface area contributed by atoms with Gasteiger partial charge in [0.05, 0.1) is 11.1 Å². The average molecular weight is 512 g/mol. The van der Waals surface area contributed by atoms with Gasteiger partial charge in [-0.3, -0.25) is 4.79 Å².